The summed E-state index contributed by atoms with van der Waals surface area (Å²) in [5, 5.41) is 3.21. The van der Waals surface area contributed by atoms with Crippen LogP contribution in [0.5, 0.6) is 0 Å². The van der Waals surface area contributed by atoms with E-state index in [2.05, 4.69) is 22.9 Å². The second-order valence-corrected chi connectivity index (χ2v) is 5.07. The Bertz CT molecular complexity index is 768. The maximum absolute atomic E-state index is 12.4. The first kappa shape index (κ1) is 13.7. The Morgan fingerprint density at radius 2 is 1.81 bits per heavy atom. The van der Waals surface area contributed by atoms with Crippen molar-refractivity contribution in [2.75, 3.05) is 11.1 Å². The lowest BCUT2D eigenvalue weighted by molar-refractivity contribution is 0.0918. The Kier molecular flexibility index (Phi) is 3.92. The predicted molar refractivity (Wildman–Crippen MR) is 88.6 cm³/mol. The molecular weight excluding hydrogens is 282 g/mol. The summed E-state index contributed by atoms with van der Waals surface area (Å²) in [6.07, 6.45) is 0.368. The molecule has 0 aliphatic rings. The number of aromatic nitrogens is 2. The number of hydrogen-bond acceptors (Lipinski definition) is 4. The van der Waals surface area contributed by atoms with Gasteiger partial charge in [-0.05, 0) is 30.0 Å². The van der Waals surface area contributed by atoms with Crippen molar-refractivity contribution in [3.63, 3.8) is 0 Å². The van der Waals surface area contributed by atoms with Gasteiger partial charge in [-0.15, -0.1) is 0 Å². The highest BCUT2D eigenvalue weighted by atomic mass is 32.1. The van der Waals surface area contributed by atoms with E-state index in [-0.39, 0.29) is 5.91 Å². The van der Waals surface area contributed by atoms with Crippen LogP contribution in [0.2, 0.25) is 0 Å². The van der Waals surface area contributed by atoms with Crippen LogP contribution in [0.25, 0.3) is 11.0 Å². The third-order valence-electron chi connectivity index (χ3n) is 3.17. The first-order valence-electron chi connectivity index (χ1n) is 6.73. The van der Waals surface area contributed by atoms with Crippen molar-refractivity contribution in [1.29, 1.82) is 0 Å². The van der Waals surface area contributed by atoms with Crippen LogP contribution in [0.3, 0.4) is 0 Å². The monoisotopic (exact) mass is 297 g/mol. The molecule has 0 unspecified atom stereocenters. The zero-order chi connectivity index (χ0) is 14.7. The summed E-state index contributed by atoms with van der Waals surface area (Å²) in [4.78, 5) is 16.9. The average molecular weight is 297 g/mol. The quantitative estimate of drug-likeness (QED) is 0.721. The highest BCUT2D eigenvalue weighted by Crippen LogP contribution is 2.23. The third-order valence-corrected chi connectivity index (χ3v) is 3.39. The van der Waals surface area contributed by atoms with Crippen molar-refractivity contribution in [2.24, 2.45) is 0 Å². The van der Waals surface area contributed by atoms with Gasteiger partial charge in [-0.3, -0.25) is 4.79 Å². The zero-order valence-electron chi connectivity index (χ0n) is 11.4. The smallest absolute Gasteiger partial charge is 0.234 e. The van der Waals surface area contributed by atoms with Crippen LogP contribution in [-0.4, -0.2) is 21.2 Å². The van der Waals surface area contributed by atoms with E-state index in [0.717, 1.165) is 16.7 Å². The number of thiol groups is 1. The van der Waals surface area contributed by atoms with E-state index in [1.807, 2.05) is 54.6 Å². The molecule has 0 aliphatic carbocycles. The first-order valence-corrected chi connectivity index (χ1v) is 7.36. The molecule has 0 fully saturated rings. The lowest BCUT2D eigenvalue weighted by Gasteiger charge is -2.09. The minimum Gasteiger partial charge on any atom is -0.325 e. The summed E-state index contributed by atoms with van der Waals surface area (Å²) in [7, 11) is 0. The van der Waals surface area contributed by atoms with Gasteiger partial charge >= 0.3 is 0 Å². The molecule has 4 nitrogen and oxygen atoms in total. The number of imidazole rings is 1. The van der Waals surface area contributed by atoms with E-state index in [0.29, 0.717) is 18.1 Å². The Balaban J connectivity index is 2.08. The van der Waals surface area contributed by atoms with Crippen LogP contribution >= 0.6 is 12.6 Å². The second kappa shape index (κ2) is 6.01. The topological polar surface area (TPSA) is 46.9 Å². The third kappa shape index (κ3) is 2.78. The summed E-state index contributed by atoms with van der Waals surface area (Å²) in [6, 6.07) is 17.3. The molecule has 1 heterocycles. The van der Waals surface area contributed by atoms with Crippen molar-refractivity contribution in [3.05, 3.63) is 54.6 Å². The molecule has 1 aromatic heterocycles. The van der Waals surface area contributed by atoms with Gasteiger partial charge < -0.3 is 5.32 Å². The average Bonchev–Trinajstić information content (AvgIpc) is 2.86. The molecule has 0 aliphatic heterocycles. The lowest BCUT2D eigenvalue weighted by atomic mass is 10.3. The second-order valence-electron chi connectivity index (χ2n) is 4.62. The molecule has 21 heavy (non-hydrogen) atoms. The summed E-state index contributed by atoms with van der Waals surface area (Å²) in [6.45, 7) is 0. The van der Waals surface area contributed by atoms with Crippen LogP contribution in [-0.2, 0) is 0 Å². The van der Waals surface area contributed by atoms with Crippen LogP contribution in [0, 0.1) is 0 Å². The number of carbonyl (C=O) groups is 1. The van der Waals surface area contributed by atoms with Crippen LogP contribution in [0.1, 0.15) is 11.2 Å². The van der Waals surface area contributed by atoms with Gasteiger partial charge in [0.15, 0.2) is 0 Å². The van der Waals surface area contributed by atoms with Gasteiger partial charge in [0.25, 0.3) is 0 Å². The minimum atomic E-state index is -0.0165. The number of carbonyl (C=O) groups excluding carboxylic acids is 1. The van der Waals surface area contributed by atoms with Crippen LogP contribution in [0.15, 0.2) is 54.6 Å². The molecule has 0 bridgehead atoms. The first-order chi connectivity index (χ1) is 10.3. The summed E-state index contributed by atoms with van der Waals surface area (Å²) in [5.74, 6) is 1.03. The molecule has 0 saturated carbocycles. The van der Waals surface area contributed by atoms with Gasteiger partial charge in [0.2, 0.25) is 11.9 Å². The fourth-order valence-electron chi connectivity index (χ4n) is 2.22. The van der Waals surface area contributed by atoms with Crippen molar-refractivity contribution in [1.82, 2.24) is 9.55 Å². The van der Waals surface area contributed by atoms with Gasteiger partial charge in [-0.2, -0.15) is 12.6 Å². The van der Waals surface area contributed by atoms with Gasteiger partial charge in [-0.1, -0.05) is 30.3 Å². The maximum atomic E-state index is 12.4. The number of fused-ring (bicyclic) bond motifs is 1. The van der Waals surface area contributed by atoms with E-state index in [4.69, 9.17) is 0 Å². The Morgan fingerprint density at radius 3 is 2.57 bits per heavy atom. The van der Waals surface area contributed by atoms with Gasteiger partial charge in [0.05, 0.1) is 11.0 Å². The molecule has 2 aromatic carbocycles. The van der Waals surface area contributed by atoms with Crippen LogP contribution < -0.4 is 5.32 Å². The van der Waals surface area contributed by atoms with Gasteiger partial charge in [0, 0.05) is 12.1 Å². The molecule has 0 amide bonds. The number of para-hydroxylation sites is 3. The molecule has 1 N–H and O–H groups in total. The molecule has 0 atom stereocenters. The fraction of sp³-hybridized carbons (Fsp3) is 0.125. The molecular formula is C16H15N3OS. The summed E-state index contributed by atoms with van der Waals surface area (Å²) < 4.78 is 1.62. The highest BCUT2D eigenvalue weighted by molar-refractivity contribution is 7.80. The number of nitrogens with one attached hydrogen (secondary N) is 1. The SMILES string of the molecule is O=C(CCS)n1c(Nc2ccccc2)nc2ccccc21. The Hall–Kier alpha value is -2.27. The van der Waals surface area contributed by atoms with Gasteiger partial charge in [0.1, 0.15) is 0 Å². The van der Waals surface area contributed by atoms with E-state index in [9.17, 15) is 4.79 Å². The van der Waals surface area contributed by atoms with Crippen molar-refractivity contribution < 1.29 is 4.79 Å². The number of anilines is 2. The summed E-state index contributed by atoms with van der Waals surface area (Å²) >= 11 is 4.14. The standard InChI is InChI=1S/C16H15N3OS/c20-15(10-11-21)19-14-9-5-4-8-13(14)18-16(19)17-12-6-2-1-3-7-12/h1-9,21H,10-11H2,(H,17,18). The van der Waals surface area contributed by atoms with Crippen molar-refractivity contribution >= 4 is 41.2 Å². The molecule has 3 rings (SSSR count). The van der Waals surface area contributed by atoms with E-state index >= 15 is 0 Å². The lowest BCUT2D eigenvalue weighted by Crippen LogP contribution is -2.13. The largest absolute Gasteiger partial charge is 0.325 e. The predicted octanol–water partition coefficient (Wildman–Crippen LogP) is 3.74. The number of benzene rings is 2. The van der Waals surface area contributed by atoms with Crippen LogP contribution in [0.4, 0.5) is 11.6 Å². The Labute approximate surface area is 128 Å². The van der Waals surface area contributed by atoms with Crippen molar-refractivity contribution in [2.45, 2.75) is 6.42 Å². The van der Waals surface area contributed by atoms with E-state index in [1.165, 1.54) is 0 Å². The zero-order valence-corrected chi connectivity index (χ0v) is 12.3. The number of rotatable bonds is 4. The summed E-state index contributed by atoms with van der Waals surface area (Å²) in [5.41, 5.74) is 2.50. The maximum Gasteiger partial charge on any atom is 0.234 e. The number of hydrogen-bond donors (Lipinski definition) is 2. The molecule has 5 heteroatoms. The molecule has 3 aromatic rings. The highest BCUT2D eigenvalue weighted by Gasteiger charge is 2.16. The minimum absolute atomic E-state index is 0.0165. The molecule has 0 spiro atoms. The van der Waals surface area contributed by atoms with E-state index < -0.39 is 0 Å². The normalized spacial score (nSPS) is 10.7. The molecule has 0 radical (unpaired) electrons. The molecule has 0 saturated heterocycles. The number of nitrogens with zero attached hydrogens (tertiary/aromatic N) is 2. The Morgan fingerprint density at radius 1 is 1.10 bits per heavy atom. The van der Waals surface area contributed by atoms with Crippen molar-refractivity contribution in [3.8, 4) is 0 Å². The molecule has 106 valence electrons. The van der Waals surface area contributed by atoms with E-state index in [1.54, 1.807) is 4.57 Å². The fourth-order valence-corrected chi connectivity index (χ4v) is 2.41. The van der Waals surface area contributed by atoms with Gasteiger partial charge in [-0.25, -0.2) is 9.55 Å².